The number of sulfonamides is 1. The summed E-state index contributed by atoms with van der Waals surface area (Å²) in [5.74, 6) is 0.713. The third kappa shape index (κ3) is 5.52. The first kappa shape index (κ1) is 26.4. The van der Waals surface area contributed by atoms with Gasteiger partial charge in [-0.2, -0.15) is 5.26 Å². The number of fused-ring (bicyclic) bond motifs is 1. The summed E-state index contributed by atoms with van der Waals surface area (Å²) in [7, 11) is -2.07. The zero-order valence-corrected chi connectivity index (χ0v) is 22.0. The van der Waals surface area contributed by atoms with E-state index < -0.39 is 10.0 Å². The van der Waals surface area contributed by atoms with Crippen LogP contribution in [0.3, 0.4) is 0 Å². The first-order chi connectivity index (χ1) is 17.6. The van der Waals surface area contributed by atoms with Gasteiger partial charge in [-0.1, -0.05) is 6.07 Å². The topological polar surface area (TPSA) is 161 Å². The molecule has 12 heteroatoms. The van der Waals surface area contributed by atoms with Crippen molar-refractivity contribution in [3.63, 3.8) is 0 Å². The van der Waals surface area contributed by atoms with Crippen molar-refractivity contribution < 1.29 is 13.2 Å². The highest BCUT2D eigenvalue weighted by Crippen LogP contribution is 2.30. The van der Waals surface area contributed by atoms with Crippen LogP contribution in [0.1, 0.15) is 47.8 Å². The fraction of sp³-hybridized carbons (Fsp3) is 0.440. The van der Waals surface area contributed by atoms with Crippen LogP contribution in [0, 0.1) is 17.2 Å². The summed E-state index contributed by atoms with van der Waals surface area (Å²) in [4.78, 5) is 27.0. The van der Waals surface area contributed by atoms with Gasteiger partial charge in [-0.05, 0) is 50.8 Å². The van der Waals surface area contributed by atoms with E-state index in [1.807, 2.05) is 4.90 Å². The lowest BCUT2D eigenvalue weighted by Crippen LogP contribution is -2.45. The number of hydrogen-bond donors (Lipinski definition) is 3. The Morgan fingerprint density at radius 3 is 2.86 bits per heavy atom. The Hall–Kier alpha value is -3.69. The summed E-state index contributed by atoms with van der Waals surface area (Å²) >= 11 is 0. The van der Waals surface area contributed by atoms with Gasteiger partial charge in [0.15, 0.2) is 0 Å². The molecule has 0 radical (unpaired) electrons. The Morgan fingerprint density at radius 2 is 2.19 bits per heavy atom. The second-order valence-corrected chi connectivity index (χ2v) is 11.5. The molecule has 3 aromatic rings. The monoisotopic (exact) mass is 524 g/mol. The zero-order valence-electron chi connectivity index (χ0n) is 21.2. The van der Waals surface area contributed by atoms with Gasteiger partial charge in [0.2, 0.25) is 10.0 Å². The number of pyridine rings is 2. The number of carbonyl (C=O) groups is 1. The number of carbonyl (C=O) groups excluding carboxylic acids is 1. The van der Waals surface area contributed by atoms with Gasteiger partial charge in [0.25, 0.3) is 5.91 Å². The third-order valence-electron chi connectivity index (χ3n) is 6.95. The lowest BCUT2D eigenvalue weighted by Gasteiger charge is -2.37. The van der Waals surface area contributed by atoms with E-state index >= 15 is 0 Å². The number of nitrogens with zero attached hydrogens (tertiary/aromatic N) is 5. The second-order valence-electron chi connectivity index (χ2n) is 9.49. The smallest absolute Gasteiger partial charge is 0.270 e. The summed E-state index contributed by atoms with van der Waals surface area (Å²) < 4.78 is 25.3. The lowest BCUT2D eigenvalue weighted by molar-refractivity contribution is 0.0567. The maximum atomic E-state index is 13.4. The number of anilines is 2. The summed E-state index contributed by atoms with van der Waals surface area (Å²) in [5.41, 5.74) is 8.06. The number of amides is 1. The highest BCUT2D eigenvalue weighted by molar-refractivity contribution is 7.92. The van der Waals surface area contributed by atoms with Crippen LogP contribution in [0.2, 0.25) is 0 Å². The first-order valence-corrected chi connectivity index (χ1v) is 14.0. The molecule has 4 rings (SSSR count). The van der Waals surface area contributed by atoms with E-state index in [1.165, 1.54) is 19.4 Å². The molecule has 0 aromatic carbocycles. The maximum absolute atomic E-state index is 13.4. The molecule has 1 fully saturated rings. The fourth-order valence-corrected chi connectivity index (χ4v) is 5.36. The molecule has 37 heavy (non-hydrogen) atoms. The van der Waals surface area contributed by atoms with Crippen LogP contribution in [0.5, 0.6) is 0 Å². The zero-order chi connectivity index (χ0) is 26.7. The van der Waals surface area contributed by atoms with Crippen molar-refractivity contribution >= 4 is 38.5 Å². The minimum absolute atomic E-state index is 0.0975. The highest BCUT2D eigenvalue weighted by Gasteiger charge is 2.30. The molecule has 1 saturated heterocycles. The number of H-pyrrole nitrogens is 1. The lowest BCUT2D eigenvalue weighted by atomic mass is 9.89. The van der Waals surface area contributed by atoms with Crippen molar-refractivity contribution in [2.24, 2.45) is 11.7 Å². The van der Waals surface area contributed by atoms with Gasteiger partial charge in [0.05, 0.1) is 17.5 Å². The van der Waals surface area contributed by atoms with Gasteiger partial charge >= 0.3 is 0 Å². The molecule has 1 amide bonds. The predicted molar refractivity (Wildman–Crippen MR) is 143 cm³/mol. The Labute approximate surface area is 216 Å². The van der Waals surface area contributed by atoms with Crippen molar-refractivity contribution in [3.05, 3.63) is 47.4 Å². The quantitative estimate of drug-likeness (QED) is 0.405. The molecule has 196 valence electrons. The summed E-state index contributed by atoms with van der Waals surface area (Å²) in [6.07, 6.45) is 6.89. The molecule has 0 aliphatic carbocycles. The van der Waals surface area contributed by atoms with Gasteiger partial charge in [-0.3, -0.25) is 9.10 Å². The predicted octanol–water partition coefficient (Wildman–Crippen LogP) is 2.43. The average Bonchev–Trinajstić information content (AvgIpc) is 3.31. The van der Waals surface area contributed by atoms with E-state index in [1.54, 1.807) is 18.2 Å². The molecular formula is C25H32N8O3S. The normalized spacial score (nSPS) is 18.0. The van der Waals surface area contributed by atoms with Crippen molar-refractivity contribution in [3.8, 4) is 6.07 Å². The second kappa shape index (κ2) is 10.7. The van der Waals surface area contributed by atoms with Crippen LogP contribution >= 0.6 is 0 Å². The maximum Gasteiger partial charge on any atom is 0.270 e. The summed E-state index contributed by atoms with van der Waals surface area (Å²) in [6, 6.07) is 7.45. The average molecular weight is 525 g/mol. The molecule has 0 bridgehead atoms. The van der Waals surface area contributed by atoms with Gasteiger partial charge in [0, 0.05) is 49.5 Å². The van der Waals surface area contributed by atoms with E-state index in [0.29, 0.717) is 58.4 Å². The van der Waals surface area contributed by atoms with Crippen molar-refractivity contribution in [1.29, 1.82) is 5.26 Å². The molecule has 2 atom stereocenters. The van der Waals surface area contributed by atoms with E-state index in [0.717, 1.165) is 29.8 Å². The van der Waals surface area contributed by atoms with Gasteiger partial charge in [0.1, 0.15) is 23.2 Å². The number of aromatic nitrogens is 3. The molecule has 3 aromatic heterocycles. The van der Waals surface area contributed by atoms with Crippen LogP contribution in [0.4, 0.5) is 11.5 Å². The van der Waals surface area contributed by atoms with Crippen LogP contribution in [-0.4, -0.2) is 66.6 Å². The molecule has 1 aliphatic rings. The molecule has 11 nitrogen and oxygen atoms in total. The van der Waals surface area contributed by atoms with Crippen LogP contribution < -0.4 is 15.4 Å². The molecule has 1 aliphatic heterocycles. The van der Waals surface area contributed by atoms with Crippen molar-refractivity contribution in [2.75, 3.05) is 36.0 Å². The standard InChI is InChI=1S/C25H32N8O3S/c1-16-11-17(6-8-26)7-10-33(16)25(34)21-12-20-22(19(13-27)15-30-23(20)31-21)29-14-18-5-4-9-28-24(18)32(2)37(3,35)36/h4-5,9,12,15-17H,6-8,10-11,14,26H2,1-3H3,(H2,29,30,31). The number of rotatable bonds is 8. The number of likely N-dealkylation sites (tertiary alicyclic amines) is 1. The number of hydrogen-bond acceptors (Lipinski definition) is 8. The number of nitrogens with one attached hydrogen (secondary N) is 2. The van der Waals surface area contributed by atoms with Gasteiger partial charge < -0.3 is 20.9 Å². The van der Waals surface area contributed by atoms with E-state index in [2.05, 4.69) is 33.3 Å². The third-order valence-corrected chi connectivity index (χ3v) is 8.12. The Morgan fingerprint density at radius 1 is 1.41 bits per heavy atom. The minimum Gasteiger partial charge on any atom is -0.379 e. The molecule has 4 heterocycles. The number of nitrogens with two attached hydrogens (primary N) is 1. The van der Waals surface area contributed by atoms with Crippen LogP contribution in [0.25, 0.3) is 11.0 Å². The Balaban J connectivity index is 1.62. The number of nitriles is 1. The molecule has 0 saturated carbocycles. The minimum atomic E-state index is -3.51. The Kier molecular flexibility index (Phi) is 7.65. The Bertz CT molecular complexity index is 1450. The number of aromatic amines is 1. The molecule has 4 N–H and O–H groups in total. The van der Waals surface area contributed by atoms with Crippen molar-refractivity contribution in [2.45, 2.75) is 38.8 Å². The van der Waals surface area contributed by atoms with Crippen molar-refractivity contribution in [1.82, 2.24) is 19.9 Å². The number of piperidine rings is 1. The van der Waals surface area contributed by atoms with E-state index in [4.69, 9.17) is 5.73 Å². The largest absolute Gasteiger partial charge is 0.379 e. The molecular weight excluding hydrogens is 492 g/mol. The first-order valence-electron chi connectivity index (χ1n) is 12.2. The van der Waals surface area contributed by atoms with Gasteiger partial charge in [-0.15, -0.1) is 0 Å². The molecule has 2 unspecified atom stereocenters. The summed E-state index contributed by atoms with van der Waals surface area (Å²) in [5, 5.41) is 13.6. The molecule has 0 spiro atoms. The SMILES string of the molecule is CC1CC(CCN)CCN1C(=O)c1cc2c(NCc3cccnc3N(C)S(C)(=O)=O)c(C#N)cnc2[nH]1. The van der Waals surface area contributed by atoms with Crippen LogP contribution in [-0.2, 0) is 16.6 Å². The highest BCUT2D eigenvalue weighted by atomic mass is 32.2. The van der Waals surface area contributed by atoms with E-state index in [-0.39, 0.29) is 18.5 Å². The van der Waals surface area contributed by atoms with Crippen LogP contribution in [0.15, 0.2) is 30.6 Å². The van der Waals surface area contributed by atoms with Gasteiger partial charge in [-0.25, -0.2) is 18.4 Å². The summed E-state index contributed by atoms with van der Waals surface area (Å²) in [6.45, 7) is 3.58. The fourth-order valence-electron chi connectivity index (χ4n) is 4.88. The van der Waals surface area contributed by atoms with E-state index in [9.17, 15) is 18.5 Å².